The fourth-order valence-electron chi connectivity index (χ4n) is 2.09. The minimum atomic E-state index is 0.163. The second-order valence-electron chi connectivity index (χ2n) is 4.46. The van der Waals surface area contributed by atoms with E-state index in [0.717, 1.165) is 38.3 Å². The molecule has 2 heterocycles. The van der Waals surface area contributed by atoms with Crippen LogP contribution < -0.4 is 10.6 Å². The van der Waals surface area contributed by atoms with Gasteiger partial charge in [0.2, 0.25) is 5.91 Å². The summed E-state index contributed by atoms with van der Waals surface area (Å²) >= 11 is 0. The summed E-state index contributed by atoms with van der Waals surface area (Å²) < 4.78 is 2.18. The van der Waals surface area contributed by atoms with Gasteiger partial charge in [-0.15, -0.1) is 0 Å². The molecule has 1 fully saturated rings. The summed E-state index contributed by atoms with van der Waals surface area (Å²) in [5, 5.41) is 6.32. The number of nitrogens with zero attached hydrogens (tertiary/aromatic N) is 2. The summed E-state index contributed by atoms with van der Waals surface area (Å²) in [6.07, 6.45) is 6.52. The van der Waals surface area contributed by atoms with E-state index in [0.29, 0.717) is 12.5 Å². The summed E-state index contributed by atoms with van der Waals surface area (Å²) in [6, 6.07) is 0.375. The molecule has 1 aromatic heterocycles. The van der Waals surface area contributed by atoms with Crippen LogP contribution in [0.3, 0.4) is 0 Å². The van der Waals surface area contributed by atoms with Crippen LogP contribution in [-0.4, -0.2) is 28.0 Å². The Bertz CT molecular complexity index is 364. The Hall–Kier alpha value is -1.36. The van der Waals surface area contributed by atoms with E-state index >= 15 is 0 Å². The van der Waals surface area contributed by atoms with Crippen LogP contribution in [0, 0.1) is 0 Å². The quantitative estimate of drug-likeness (QED) is 0.789. The molecular weight excluding hydrogens is 216 g/mol. The van der Waals surface area contributed by atoms with Crippen molar-refractivity contribution in [1.29, 1.82) is 0 Å². The van der Waals surface area contributed by atoms with Crippen molar-refractivity contribution in [3.63, 3.8) is 0 Å². The zero-order valence-electron chi connectivity index (χ0n) is 10.3. The molecular formula is C12H20N4O. The van der Waals surface area contributed by atoms with E-state index in [1.165, 1.54) is 0 Å². The number of hydrogen-bond acceptors (Lipinski definition) is 3. The van der Waals surface area contributed by atoms with Crippen molar-refractivity contribution in [3.8, 4) is 0 Å². The van der Waals surface area contributed by atoms with Crippen LogP contribution in [0.1, 0.15) is 32.0 Å². The number of hydrogen-bond donors (Lipinski definition) is 2. The third-order valence-electron chi connectivity index (χ3n) is 3.08. The normalized spacial score (nSPS) is 20.3. The number of nitrogens with one attached hydrogen (secondary N) is 2. The predicted molar refractivity (Wildman–Crippen MR) is 65.4 cm³/mol. The molecule has 1 aliphatic rings. The number of piperidine rings is 1. The van der Waals surface area contributed by atoms with E-state index in [1.807, 2.05) is 12.4 Å². The van der Waals surface area contributed by atoms with E-state index in [-0.39, 0.29) is 5.91 Å². The van der Waals surface area contributed by atoms with Gasteiger partial charge < -0.3 is 15.2 Å². The lowest BCUT2D eigenvalue weighted by Gasteiger charge is -2.23. The van der Waals surface area contributed by atoms with Gasteiger partial charge in [0.15, 0.2) is 0 Å². The summed E-state index contributed by atoms with van der Waals surface area (Å²) in [4.78, 5) is 15.4. The molecule has 0 aromatic carbocycles. The van der Waals surface area contributed by atoms with Gasteiger partial charge in [0, 0.05) is 37.9 Å². The predicted octanol–water partition coefficient (Wildman–Crippen LogP) is 0.661. The molecule has 1 aliphatic heterocycles. The van der Waals surface area contributed by atoms with Crippen molar-refractivity contribution < 1.29 is 4.79 Å². The maximum absolute atomic E-state index is 11.0. The lowest BCUT2D eigenvalue weighted by Crippen LogP contribution is -2.45. The molecule has 0 bridgehead atoms. The van der Waals surface area contributed by atoms with Gasteiger partial charge in [-0.3, -0.25) is 4.79 Å². The molecule has 2 N–H and O–H groups in total. The number of aryl methyl sites for hydroxylation is 1. The van der Waals surface area contributed by atoms with Crippen molar-refractivity contribution in [2.24, 2.45) is 0 Å². The molecule has 0 radical (unpaired) electrons. The Morgan fingerprint density at radius 1 is 1.65 bits per heavy atom. The first-order valence-corrected chi connectivity index (χ1v) is 6.29. The first-order chi connectivity index (χ1) is 8.29. The Kier molecular flexibility index (Phi) is 4.14. The first-order valence-electron chi connectivity index (χ1n) is 6.29. The van der Waals surface area contributed by atoms with Gasteiger partial charge in [-0.2, -0.15) is 0 Å². The van der Waals surface area contributed by atoms with Crippen LogP contribution in [0.15, 0.2) is 12.4 Å². The molecule has 1 saturated heterocycles. The molecule has 5 heteroatoms. The molecule has 94 valence electrons. The molecule has 0 saturated carbocycles. The van der Waals surface area contributed by atoms with Crippen molar-refractivity contribution in [1.82, 2.24) is 20.2 Å². The number of aromatic nitrogens is 2. The van der Waals surface area contributed by atoms with E-state index in [2.05, 4.69) is 27.1 Å². The highest BCUT2D eigenvalue weighted by atomic mass is 16.1. The number of imidazole rings is 1. The highest BCUT2D eigenvalue weighted by Crippen LogP contribution is 2.05. The van der Waals surface area contributed by atoms with E-state index in [1.54, 1.807) is 0 Å². The van der Waals surface area contributed by atoms with Crippen molar-refractivity contribution in [2.75, 3.05) is 6.54 Å². The molecule has 1 amide bonds. The minimum absolute atomic E-state index is 0.163. The first kappa shape index (κ1) is 12.1. The van der Waals surface area contributed by atoms with Crippen molar-refractivity contribution in [3.05, 3.63) is 18.2 Å². The molecule has 5 nitrogen and oxygen atoms in total. The van der Waals surface area contributed by atoms with Crippen molar-refractivity contribution in [2.45, 2.75) is 45.3 Å². The van der Waals surface area contributed by atoms with Gasteiger partial charge in [-0.05, 0) is 12.8 Å². The fourth-order valence-corrected chi connectivity index (χ4v) is 2.09. The summed E-state index contributed by atoms with van der Waals surface area (Å²) in [5.41, 5.74) is 0. The molecule has 17 heavy (non-hydrogen) atoms. The summed E-state index contributed by atoms with van der Waals surface area (Å²) in [6.45, 7) is 4.67. The van der Waals surface area contributed by atoms with Gasteiger partial charge >= 0.3 is 0 Å². The van der Waals surface area contributed by atoms with Crippen molar-refractivity contribution >= 4 is 5.91 Å². The largest absolute Gasteiger partial charge is 0.355 e. The Morgan fingerprint density at radius 2 is 2.53 bits per heavy atom. The second-order valence-corrected chi connectivity index (χ2v) is 4.46. The zero-order chi connectivity index (χ0) is 12.1. The van der Waals surface area contributed by atoms with Gasteiger partial charge in [-0.25, -0.2) is 4.98 Å². The maximum atomic E-state index is 11.0. The van der Waals surface area contributed by atoms with Gasteiger partial charge in [-0.1, -0.05) is 6.92 Å². The average Bonchev–Trinajstić information content (AvgIpc) is 2.77. The minimum Gasteiger partial charge on any atom is -0.355 e. The van der Waals surface area contributed by atoms with Crippen LogP contribution in [-0.2, 0) is 17.9 Å². The third-order valence-corrected chi connectivity index (χ3v) is 3.08. The van der Waals surface area contributed by atoms with Gasteiger partial charge in [0.05, 0.1) is 6.54 Å². The highest BCUT2D eigenvalue weighted by molar-refractivity contribution is 5.76. The number of carbonyl (C=O) groups excluding carboxylic acids is 1. The van der Waals surface area contributed by atoms with Crippen LogP contribution >= 0.6 is 0 Å². The van der Waals surface area contributed by atoms with Crippen LogP contribution in [0.25, 0.3) is 0 Å². The molecule has 1 aromatic rings. The molecule has 0 spiro atoms. The second kappa shape index (κ2) is 5.82. The third kappa shape index (κ3) is 3.30. The molecule has 1 atom stereocenters. The maximum Gasteiger partial charge on any atom is 0.220 e. The standard InChI is InChI=1S/C12H20N4O/c1-2-6-16-7-5-13-11(16)9-14-10-3-4-12(17)15-8-10/h5,7,10,14H,2-4,6,8-9H2,1H3,(H,15,17). The van der Waals surface area contributed by atoms with E-state index in [9.17, 15) is 4.79 Å². The topological polar surface area (TPSA) is 59.0 Å². The van der Waals surface area contributed by atoms with Crippen LogP contribution in [0.5, 0.6) is 0 Å². The number of rotatable bonds is 5. The van der Waals surface area contributed by atoms with Gasteiger partial charge in [0.1, 0.15) is 5.82 Å². The van der Waals surface area contributed by atoms with Crippen LogP contribution in [0.4, 0.5) is 0 Å². The molecule has 1 unspecified atom stereocenters. The summed E-state index contributed by atoms with van der Waals surface area (Å²) in [5.74, 6) is 1.24. The number of amides is 1. The SMILES string of the molecule is CCCn1ccnc1CNC1CCC(=O)NC1. The Balaban J connectivity index is 1.81. The lowest BCUT2D eigenvalue weighted by molar-refractivity contribution is -0.122. The summed E-state index contributed by atoms with van der Waals surface area (Å²) in [7, 11) is 0. The molecule has 0 aliphatic carbocycles. The van der Waals surface area contributed by atoms with Gasteiger partial charge in [0.25, 0.3) is 0 Å². The smallest absolute Gasteiger partial charge is 0.220 e. The van der Waals surface area contributed by atoms with E-state index in [4.69, 9.17) is 0 Å². The zero-order valence-corrected chi connectivity index (χ0v) is 10.3. The highest BCUT2D eigenvalue weighted by Gasteiger charge is 2.17. The number of carbonyl (C=O) groups is 1. The Morgan fingerprint density at radius 3 is 3.24 bits per heavy atom. The Labute approximate surface area is 102 Å². The molecule has 2 rings (SSSR count). The fraction of sp³-hybridized carbons (Fsp3) is 0.667. The van der Waals surface area contributed by atoms with Crippen LogP contribution in [0.2, 0.25) is 0 Å². The monoisotopic (exact) mass is 236 g/mol. The average molecular weight is 236 g/mol. The van der Waals surface area contributed by atoms with E-state index < -0.39 is 0 Å². The lowest BCUT2D eigenvalue weighted by atomic mass is 10.1.